The normalized spacial score (nSPS) is 11.6. The standard InChI is InChI=1S/C18H18N6O2/c1-13(15-7-3-2-4-8-15)23-18-16(24(25)26)17(21-12-22-18)20-11-14-6-5-9-19-10-14/h2-10,12-13H,11H2,1H3,(H2,20,21,22,23). The molecule has 0 aliphatic rings. The Morgan fingerprint density at radius 3 is 2.58 bits per heavy atom. The van der Waals surface area contributed by atoms with Crippen molar-refractivity contribution in [3.8, 4) is 0 Å². The Labute approximate surface area is 150 Å². The third-order valence-electron chi connectivity index (χ3n) is 3.84. The lowest BCUT2D eigenvalue weighted by Gasteiger charge is -2.15. The first-order valence-corrected chi connectivity index (χ1v) is 8.09. The van der Waals surface area contributed by atoms with E-state index >= 15 is 0 Å². The van der Waals surface area contributed by atoms with Gasteiger partial charge in [-0.05, 0) is 24.1 Å². The van der Waals surface area contributed by atoms with Crippen LogP contribution in [0.5, 0.6) is 0 Å². The Bertz CT molecular complexity index is 873. The first kappa shape index (κ1) is 17.3. The van der Waals surface area contributed by atoms with E-state index in [9.17, 15) is 10.1 Å². The highest BCUT2D eigenvalue weighted by atomic mass is 16.6. The molecule has 0 saturated heterocycles. The van der Waals surface area contributed by atoms with Crippen molar-refractivity contribution in [1.29, 1.82) is 0 Å². The quantitative estimate of drug-likeness (QED) is 0.495. The third-order valence-corrected chi connectivity index (χ3v) is 3.84. The molecule has 1 aromatic carbocycles. The van der Waals surface area contributed by atoms with E-state index in [1.807, 2.05) is 43.3 Å². The number of aromatic nitrogens is 3. The average Bonchev–Trinajstić information content (AvgIpc) is 2.67. The molecule has 0 saturated carbocycles. The fourth-order valence-electron chi connectivity index (χ4n) is 2.51. The highest BCUT2D eigenvalue weighted by Crippen LogP contribution is 2.31. The summed E-state index contributed by atoms with van der Waals surface area (Å²) >= 11 is 0. The monoisotopic (exact) mass is 350 g/mol. The first-order valence-electron chi connectivity index (χ1n) is 8.09. The average molecular weight is 350 g/mol. The maximum atomic E-state index is 11.6. The predicted molar refractivity (Wildman–Crippen MR) is 98.7 cm³/mol. The summed E-state index contributed by atoms with van der Waals surface area (Å²) in [4.78, 5) is 23.2. The van der Waals surface area contributed by atoms with E-state index in [-0.39, 0.29) is 23.4 Å². The molecular formula is C18H18N6O2. The molecule has 0 fully saturated rings. The SMILES string of the molecule is CC(Nc1ncnc(NCc2cccnc2)c1[N+](=O)[O-])c1ccccc1. The summed E-state index contributed by atoms with van der Waals surface area (Å²) < 4.78 is 0. The molecule has 26 heavy (non-hydrogen) atoms. The van der Waals surface area contributed by atoms with Gasteiger partial charge in [-0.2, -0.15) is 0 Å². The Morgan fingerprint density at radius 1 is 1.12 bits per heavy atom. The zero-order chi connectivity index (χ0) is 18.4. The molecule has 0 amide bonds. The number of nitro groups is 1. The van der Waals surface area contributed by atoms with Crippen LogP contribution < -0.4 is 10.6 Å². The van der Waals surface area contributed by atoms with E-state index in [1.165, 1.54) is 6.33 Å². The topological polar surface area (TPSA) is 106 Å². The number of hydrogen-bond acceptors (Lipinski definition) is 7. The van der Waals surface area contributed by atoms with Crippen molar-refractivity contribution in [2.45, 2.75) is 19.5 Å². The van der Waals surface area contributed by atoms with E-state index in [1.54, 1.807) is 18.5 Å². The lowest BCUT2D eigenvalue weighted by molar-refractivity contribution is -0.383. The summed E-state index contributed by atoms with van der Waals surface area (Å²) in [5.74, 6) is 0.339. The second kappa shape index (κ2) is 8.02. The predicted octanol–water partition coefficient (Wildman–Crippen LogP) is 3.57. The first-order chi connectivity index (χ1) is 12.6. The van der Waals surface area contributed by atoms with Gasteiger partial charge in [0.15, 0.2) is 0 Å². The second-order valence-electron chi connectivity index (χ2n) is 5.67. The van der Waals surface area contributed by atoms with Gasteiger partial charge in [-0.3, -0.25) is 15.1 Å². The Hall–Kier alpha value is -3.55. The van der Waals surface area contributed by atoms with Crippen LogP contribution in [0.15, 0.2) is 61.2 Å². The van der Waals surface area contributed by atoms with E-state index in [4.69, 9.17) is 0 Å². The molecule has 2 aromatic heterocycles. The number of benzene rings is 1. The third kappa shape index (κ3) is 4.10. The van der Waals surface area contributed by atoms with Gasteiger partial charge in [-0.15, -0.1) is 0 Å². The number of nitrogens with zero attached hydrogens (tertiary/aromatic N) is 4. The fraction of sp³-hybridized carbons (Fsp3) is 0.167. The van der Waals surface area contributed by atoms with E-state index < -0.39 is 4.92 Å². The van der Waals surface area contributed by atoms with Crippen molar-refractivity contribution < 1.29 is 4.92 Å². The molecule has 0 aliphatic carbocycles. The lowest BCUT2D eigenvalue weighted by Crippen LogP contribution is -2.12. The number of nitrogens with one attached hydrogen (secondary N) is 2. The van der Waals surface area contributed by atoms with Crippen molar-refractivity contribution in [3.05, 3.63) is 82.4 Å². The molecule has 0 aliphatic heterocycles. The Balaban J connectivity index is 1.83. The lowest BCUT2D eigenvalue weighted by atomic mass is 10.1. The molecule has 2 N–H and O–H groups in total. The largest absolute Gasteiger partial charge is 0.360 e. The molecule has 1 atom stereocenters. The zero-order valence-electron chi connectivity index (χ0n) is 14.2. The van der Waals surface area contributed by atoms with Crippen molar-refractivity contribution in [1.82, 2.24) is 15.0 Å². The fourth-order valence-corrected chi connectivity index (χ4v) is 2.51. The van der Waals surface area contributed by atoms with E-state index in [2.05, 4.69) is 25.6 Å². The van der Waals surface area contributed by atoms with Crippen LogP contribution in [0, 0.1) is 10.1 Å². The molecule has 2 heterocycles. The van der Waals surface area contributed by atoms with Gasteiger partial charge in [-0.1, -0.05) is 36.4 Å². The van der Waals surface area contributed by atoms with Crippen LogP contribution in [0.2, 0.25) is 0 Å². The molecule has 0 radical (unpaired) electrons. The summed E-state index contributed by atoms with van der Waals surface area (Å²) in [6, 6.07) is 13.2. The van der Waals surface area contributed by atoms with Crippen LogP contribution in [0.1, 0.15) is 24.1 Å². The molecule has 1 unspecified atom stereocenters. The van der Waals surface area contributed by atoms with Gasteiger partial charge < -0.3 is 10.6 Å². The van der Waals surface area contributed by atoms with E-state index in [0.717, 1.165) is 11.1 Å². The molecule has 0 bridgehead atoms. The minimum atomic E-state index is -0.481. The van der Waals surface area contributed by atoms with Gasteiger partial charge in [0.2, 0.25) is 11.6 Å². The smallest absolute Gasteiger partial charge is 0.353 e. The summed E-state index contributed by atoms with van der Waals surface area (Å²) in [5.41, 5.74) is 1.72. The zero-order valence-corrected chi connectivity index (χ0v) is 14.2. The number of pyridine rings is 1. The van der Waals surface area contributed by atoms with Crippen LogP contribution in [0.3, 0.4) is 0 Å². The highest BCUT2D eigenvalue weighted by molar-refractivity contribution is 5.69. The minimum Gasteiger partial charge on any atom is -0.360 e. The van der Waals surface area contributed by atoms with Crippen molar-refractivity contribution in [2.75, 3.05) is 10.6 Å². The van der Waals surface area contributed by atoms with Crippen LogP contribution in [-0.2, 0) is 6.54 Å². The molecule has 8 heteroatoms. The second-order valence-corrected chi connectivity index (χ2v) is 5.67. The van der Waals surface area contributed by atoms with Crippen LogP contribution in [-0.4, -0.2) is 19.9 Å². The maximum absolute atomic E-state index is 11.6. The van der Waals surface area contributed by atoms with Gasteiger partial charge in [-0.25, -0.2) is 9.97 Å². The Kier molecular flexibility index (Phi) is 5.33. The summed E-state index contributed by atoms with van der Waals surface area (Å²) in [5, 5.41) is 17.7. The molecular weight excluding hydrogens is 332 g/mol. The van der Waals surface area contributed by atoms with Gasteiger partial charge in [0.05, 0.1) is 11.0 Å². The van der Waals surface area contributed by atoms with E-state index in [0.29, 0.717) is 6.54 Å². The number of anilines is 2. The van der Waals surface area contributed by atoms with Crippen LogP contribution in [0.4, 0.5) is 17.3 Å². The molecule has 0 spiro atoms. The molecule has 8 nitrogen and oxygen atoms in total. The van der Waals surface area contributed by atoms with Crippen molar-refractivity contribution in [2.24, 2.45) is 0 Å². The molecule has 3 aromatic rings. The summed E-state index contributed by atoms with van der Waals surface area (Å²) in [7, 11) is 0. The number of rotatable bonds is 7. The van der Waals surface area contributed by atoms with Gasteiger partial charge in [0.25, 0.3) is 0 Å². The van der Waals surface area contributed by atoms with Crippen molar-refractivity contribution >= 4 is 17.3 Å². The van der Waals surface area contributed by atoms with Gasteiger partial charge in [0.1, 0.15) is 6.33 Å². The molecule has 3 rings (SSSR count). The molecule has 132 valence electrons. The van der Waals surface area contributed by atoms with Gasteiger partial charge in [0, 0.05) is 18.9 Å². The Morgan fingerprint density at radius 2 is 1.88 bits per heavy atom. The van der Waals surface area contributed by atoms with Crippen molar-refractivity contribution in [3.63, 3.8) is 0 Å². The van der Waals surface area contributed by atoms with Crippen LogP contribution in [0.25, 0.3) is 0 Å². The number of hydrogen-bond donors (Lipinski definition) is 2. The minimum absolute atomic E-state index is 0.143. The summed E-state index contributed by atoms with van der Waals surface area (Å²) in [6.07, 6.45) is 4.67. The highest BCUT2D eigenvalue weighted by Gasteiger charge is 2.24. The maximum Gasteiger partial charge on any atom is 0.353 e. The van der Waals surface area contributed by atoms with Gasteiger partial charge >= 0.3 is 5.69 Å². The summed E-state index contributed by atoms with van der Waals surface area (Å²) in [6.45, 7) is 2.29. The van der Waals surface area contributed by atoms with Crippen LogP contribution >= 0.6 is 0 Å².